The van der Waals surface area contributed by atoms with Gasteiger partial charge in [0, 0.05) is 11.1 Å². The van der Waals surface area contributed by atoms with E-state index in [-0.39, 0.29) is 17.2 Å². The van der Waals surface area contributed by atoms with Crippen molar-refractivity contribution in [3.63, 3.8) is 0 Å². The molecule has 1 heterocycles. The lowest BCUT2D eigenvalue weighted by atomic mass is 9.95. The van der Waals surface area contributed by atoms with Crippen LogP contribution in [0, 0.1) is 0 Å². The summed E-state index contributed by atoms with van der Waals surface area (Å²) in [5, 5.41) is 0. The number of ether oxygens (including phenoxy) is 6. The van der Waals surface area contributed by atoms with Gasteiger partial charge in [0.2, 0.25) is 21.5 Å². The second kappa shape index (κ2) is 13.0. The Balaban J connectivity index is 1.86. The second-order valence-corrected chi connectivity index (χ2v) is 10.9. The Kier molecular flexibility index (Phi) is 9.54. The van der Waals surface area contributed by atoms with Crippen molar-refractivity contribution in [3.8, 4) is 56.8 Å². The van der Waals surface area contributed by atoms with Gasteiger partial charge in [-0.25, -0.2) is 13.1 Å². The molecular formula is C30H30F3NO9S. The summed E-state index contributed by atoms with van der Waals surface area (Å²) in [6, 6.07) is 9.90. The first-order valence-corrected chi connectivity index (χ1v) is 14.3. The Morgan fingerprint density at radius 1 is 0.705 bits per heavy atom. The number of benzene rings is 3. The predicted molar refractivity (Wildman–Crippen MR) is 154 cm³/mol. The molecule has 1 aromatic heterocycles. The Morgan fingerprint density at radius 2 is 1.16 bits per heavy atom. The molecule has 4 rings (SSSR count). The normalized spacial score (nSPS) is 11.7. The lowest BCUT2D eigenvalue weighted by Crippen LogP contribution is -2.23. The molecule has 0 saturated carbocycles. The maximum Gasteiger partial charge on any atom is 0.416 e. The van der Waals surface area contributed by atoms with Crippen LogP contribution in [0.3, 0.4) is 0 Å². The molecule has 14 heteroatoms. The zero-order valence-electron chi connectivity index (χ0n) is 24.6. The average molecular weight is 638 g/mol. The first-order chi connectivity index (χ1) is 20.9. The van der Waals surface area contributed by atoms with Gasteiger partial charge in [0.15, 0.2) is 23.0 Å². The van der Waals surface area contributed by atoms with Crippen molar-refractivity contribution in [2.75, 3.05) is 42.7 Å². The van der Waals surface area contributed by atoms with Gasteiger partial charge >= 0.3 is 6.18 Å². The van der Waals surface area contributed by atoms with Crippen LogP contribution < -0.4 is 33.1 Å². The summed E-state index contributed by atoms with van der Waals surface area (Å²) < 4.78 is 106. The number of hydrogen-bond donors (Lipinski definition) is 1. The minimum Gasteiger partial charge on any atom is -0.493 e. The van der Waals surface area contributed by atoms with Crippen molar-refractivity contribution in [2.24, 2.45) is 0 Å². The second-order valence-electron chi connectivity index (χ2n) is 9.12. The summed E-state index contributed by atoms with van der Waals surface area (Å²) in [5.74, 6) is 2.26. The van der Waals surface area contributed by atoms with Gasteiger partial charge < -0.3 is 32.8 Å². The standard InChI is InChI=1S/C30H30F3NO9S/c1-37-22-11-17(12-23(38-2)28(22)41-5)21-16-43-26(27(21)18-13-24(39-3)29(42-6)25(14-18)40-4)15-34-44(35,36)20-9-7-19(8-10-20)30(31,32)33/h7-14,16,34H,15H2,1-6H3. The van der Waals surface area contributed by atoms with E-state index in [1.807, 2.05) is 0 Å². The Morgan fingerprint density at radius 3 is 1.57 bits per heavy atom. The SMILES string of the molecule is COc1cc(-c2coc(CNS(=O)(=O)c3ccc(C(F)(F)F)cc3)c2-c2cc(OC)c(OC)c(OC)c2)cc(OC)c1OC. The lowest BCUT2D eigenvalue weighted by Gasteiger charge is -2.17. The van der Waals surface area contributed by atoms with Crippen molar-refractivity contribution in [2.45, 2.75) is 17.6 Å². The zero-order chi connectivity index (χ0) is 32.2. The van der Waals surface area contributed by atoms with Crippen LogP contribution in [0.2, 0.25) is 0 Å². The molecule has 0 aliphatic heterocycles. The molecule has 3 aromatic carbocycles. The summed E-state index contributed by atoms with van der Waals surface area (Å²) in [6.45, 7) is -0.361. The van der Waals surface area contributed by atoms with E-state index in [4.69, 9.17) is 32.8 Å². The molecule has 0 atom stereocenters. The van der Waals surface area contributed by atoms with Crippen molar-refractivity contribution in [3.05, 3.63) is 66.1 Å². The molecule has 0 aliphatic rings. The first-order valence-electron chi connectivity index (χ1n) is 12.8. The van der Waals surface area contributed by atoms with Gasteiger partial charge in [-0.15, -0.1) is 0 Å². The van der Waals surface area contributed by atoms with E-state index in [1.54, 1.807) is 24.3 Å². The minimum absolute atomic E-state index is 0.179. The van der Waals surface area contributed by atoms with E-state index < -0.39 is 21.8 Å². The van der Waals surface area contributed by atoms with Crippen LogP contribution in [0.4, 0.5) is 13.2 Å². The van der Waals surface area contributed by atoms with Gasteiger partial charge in [-0.1, -0.05) is 0 Å². The Labute approximate surface area is 252 Å². The van der Waals surface area contributed by atoms with E-state index in [2.05, 4.69) is 4.72 Å². The van der Waals surface area contributed by atoms with Gasteiger partial charge in [-0.3, -0.25) is 0 Å². The Hall–Kier alpha value is -4.56. The summed E-state index contributed by atoms with van der Waals surface area (Å²) in [4.78, 5) is -0.351. The van der Waals surface area contributed by atoms with Crippen LogP contribution in [0.1, 0.15) is 11.3 Å². The monoisotopic (exact) mass is 637 g/mol. The summed E-state index contributed by atoms with van der Waals surface area (Å²) in [5.41, 5.74) is 1.09. The van der Waals surface area contributed by atoms with E-state index in [9.17, 15) is 21.6 Å². The largest absolute Gasteiger partial charge is 0.493 e. The van der Waals surface area contributed by atoms with Crippen molar-refractivity contribution < 1.29 is 54.4 Å². The van der Waals surface area contributed by atoms with Gasteiger partial charge in [0.05, 0.1) is 65.9 Å². The fourth-order valence-electron chi connectivity index (χ4n) is 4.59. The Bertz CT molecular complexity index is 1680. The minimum atomic E-state index is -4.61. The molecule has 0 radical (unpaired) electrons. The molecule has 0 bridgehead atoms. The number of nitrogens with one attached hydrogen (secondary N) is 1. The highest BCUT2D eigenvalue weighted by Gasteiger charge is 2.31. The van der Waals surface area contributed by atoms with Crippen LogP contribution in [0.15, 0.2) is 64.1 Å². The zero-order valence-corrected chi connectivity index (χ0v) is 25.4. The van der Waals surface area contributed by atoms with Crippen LogP contribution >= 0.6 is 0 Å². The molecule has 0 fully saturated rings. The average Bonchev–Trinajstić information content (AvgIpc) is 3.46. The summed E-state index contributed by atoms with van der Waals surface area (Å²) >= 11 is 0. The van der Waals surface area contributed by atoms with Gasteiger partial charge in [0.1, 0.15) is 5.76 Å². The quantitative estimate of drug-likeness (QED) is 0.195. The highest BCUT2D eigenvalue weighted by atomic mass is 32.2. The molecule has 0 aliphatic carbocycles. The molecule has 10 nitrogen and oxygen atoms in total. The van der Waals surface area contributed by atoms with Crippen LogP contribution in [-0.2, 0) is 22.7 Å². The summed E-state index contributed by atoms with van der Waals surface area (Å²) in [7, 11) is 4.53. The molecule has 0 amide bonds. The van der Waals surface area contributed by atoms with Crippen LogP contribution in [0.25, 0.3) is 22.3 Å². The maximum absolute atomic E-state index is 13.1. The molecule has 4 aromatic rings. The van der Waals surface area contributed by atoms with E-state index in [0.29, 0.717) is 68.9 Å². The molecule has 236 valence electrons. The molecule has 1 N–H and O–H groups in total. The first kappa shape index (κ1) is 32.4. The fraction of sp³-hybridized carbons (Fsp3) is 0.267. The third-order valence-corrected chi connectivity index (χ3v) is 8.13. The van der Waals surface area contributed by atoms with E-state index in [0.717, 1.165) is 12.1 Å². The van der Waals surface area contributed by atoms with E-state index in [1.165, 1.54) is 48.9 Å². The van der Waals surface area contributed by atoms with Crippen molar-refractivity contribution in [1.82, 2.24) is 4.72 Å². The topological polar surface area (TPSA) is 115 Å². The van der Waals surface area contributed by atoms with Gasteiger partial charge in [-0.2, -0.15) is 13.2 Å². The maximum atomic E-state index is 13.1. The van der Waals surface area contributed by atoms with Crippen LogP contribution in [0.5, 0.6) is 34.5 Å². The molecule has 0 spiro atoms. The highest BCUT2D eigenvalue weighted by molar-refractivity contribution is 7.89. The molecule has 44 heavy (non-hydrogen) atoms. The number of rotatable bonds is 12. The number of alkyl halides is 3. The molecule has 0 saturated heterocycles. The molecular weight excluding hydrogens is 607 g/mol. The van der Waals surface area contributed by atoms with Gasteiger partial charge in [0.25, 0.3) is 0 Å². The highest BCUT2D eigenvalue weighted by Crippen LogP contribution is 2.48. The number of halogens is 3. The number of sulfonamides is 1. The third kappa shape index (κ3) is 6.36. The van der Waals surface area contributed by atoms with Crippen molar-refractivity contribution in [1.29, 1.82) is 0 Å². The third-order valence-electron chi connectivity index (χ3n) is 6.71. The number of hydrogen-bond acceptors (Lipinski definition) is 9. The lowest BCUT2D eigenvalue weighted by molar-refractivity contribution is -0.137. The van der Waals surface area contributed by atoms with Gasteiger partial charge in [-0.05, 0) is 59.7 Å². The number of furan rings is 1. The fourth-order valence-corrected chi connectivity index (χ4v) is 5.57. The predicted octanol–water partition coefficient (Wildman–Crippen LogP) is 6.16. The summed E-state index contributed by atoms with van der Waals surface area (Å²) in [6.07, 6.45) is -3.18. The number of methoxy groups -OCH3 is 6. The van der Waals surface area contributed by atoms with Crippen LogP contribution in [-0.4, -0.2) is 51.1 Å². The molecule has 0 unspecified atom stereocenters. The van der Waals surface area contributed by atoms with Crippen molar-refractivity contribution >= 4 is 10.0 Å². The smallest absolute Gasteiger partial charge is 0.416 e. The van der Waals surface area contributed by atoms with E-state index >= 15 is 0 Å².